The molecule has 0 saturated carbocycles. The molecule has 0 aliphatic heterocycles. The summed E-state index contributed by atoms with van der Waals surface area (Å²) in [4.78, 5) is 3.88. The van der Waals surface area contributed by atoms with Crippen molar-refractivity contribution < 1.29 is 4.74 Å². The first-order chi connectivity index (χ1) is 8.22. The highest BCUT2D eigenvalue weighted by atomic mass is 35.5. The molecule has 0 bridgehead atoms. The lowest BCUT2D eigenvalue weighted by Crippen LogP contribution is -1.95. The zero-order valence-electron chi connectivity index (χ0n) is 8.72. The van der Waals surface area contributed by atoms with Crippen molar-refractivity contribution in [2.24, 2.45) is 0 Å². The Labute approximate surface area is 103 Å². The van der Waals surface area contributed by atoms with E-state index in [-0.39, 0.29) is 5.69 Å². The fourth-order valence-electron chi connectivity index (χ4n) is 1.30. The van der Waals surface area contributed by atoms with Crippen molar-refractivity contribution >= 4 is 17.3 Å². The van der Waals surface area contributed by atoms with E-state index in [2.05, 4.69) is 4.98 Å². The van der Waals surface area contributed by atoms with Crippen LogP contribution in [-0.4, -0.2) is 4.98 Å². The van der Waals surface area contributed by atoms with E-state index in [0.717, 1.165) is 0 Å². The minimum atomic E-state index is 0.187. The number of aromatic nitrogens is 1. The van der Waals surface area contributed by atoms with Gasteiger partial charge in [0.15, 0.2) is 17.2 Å². The average molecular weight is 246 g/mol. The van der Waals surface area contributed by atoms with Crippen LogP contribution in [0.15, 0.2) is 36.5 Å². The molecule has 1 aromatic heterocycles. The smallest absolute Gasteiger partial charge is 0.183 e. The van der Waals surface area contributed by atoms with E-state index in [9.17, 15) is 0 Å². The summed E-state index contributed by atoms with van der Waals surface area (Å²) < 4.78 is 5.52. The molecule has 0 aliphatic rings. The summed E-state index contributed by atoms with van der Waals surface area (Å²) in [7, 11) is 0. The topological polar surface area (TPSA) is 71.9 Å². The van der Waals surface area contributed by atoms with Gasteiger partial charge in [-0.25, -0.2) is 4.98 Å². The monoisotopic (exact) mass is 245 g/mol. The number of para-hydroxylation sites is 1. The lowest BCUT2D eigenvalue weighted by Gasteiger charge is -2.10. The third kappa shape index (κ3) is 2.30. The van der Waals surface area contributed by atoms with Gasteiger partial charge in [0.05, 0.1) is 10.7 Å². The van der Waals surface area contributed by atoms with Crippen molar-refractivity contribution in [1.82, 2.24) is 4.98 Å². The number of hydrogen-bond donors (Lipinski definition) is 1. The van der Waals surface area contributed by atoms with Crippen molar-refractivity contribution in [3.63, 3.8) is 0 Å². The number of nitriles is 1. The highest BCUT2D eigenvalue weighted by molar-refractivity contribution is 6.32. The van der Waals surface area contributed by atoms with E-state index in [1.165, 1.54) is 6.20 Å². The number of nitrogens with zero attached hydrogens (tertiary/aromatic N) is 2. The summed E-state index contributed by atoms with van der Waals surface area (Å²) in [5, 5.41) is 9.27. The predicted octanol–water partition coefficient (Wildman–Crippen LogP) is 2.98. The maximum absolute atomic E-state index is 8.88. The van der Waals surface area contributed by atoms with Gasteiger partial charge in [0, 0.05) is 6.20 Å². The number of rotatable bonds is 2. The fourth-order valence-corrected chi connectivity index (χ4v) is 1.52. The minimum Gasteiger partial charge on any atom is -0.451 e. The number of nitrogen functional groups attached to an aromatic ring is 1. The van der Waals surface area contributed by atoms with E-state index >= 15 is 0 Å². The molecule has 2 rings (SSSR count). The molecule has 4 nitrogen and oxygen atoms in total. The SMILES string of the molecule is N#Cc1ncccc1Oc1c(N)cccc1Cl. The highest BCUT2D eigenvalue weighted by Gasteiger charge is 2.10. The Balaban J connectivity index is 2.42. The van der Waals surface area contributed by atoms with Gasteiger partial charge in [-0.1, -0.05) is 17.7 Å². The Morgan fingerprint density at radius 2 is 2.12 bits per heavy atom. The van der Waals surface area contributed by atoms with Crippen molar-refractivity contribution in [3.8, 4) is 17.6 Å². The highest BCUT2D eigenvalue weighted by Crippen LogP contribution is 2.35. The first-order valence-corrected chi connectivity index (χ1v) is 5.17. The minimum absolute atomic E-state index is 0.187. The fraction of sp³-hybridized carbons (Fsp3) is 0. The van der Waals surface area contributed by atoms with Crippen molar-refractivity contribution in [2.75, 3.05) is 5.73 Å². The molecule has 5 heteroatoms. The molecule has 0 saturated heterocycles. The van der Waals surface area contributed by atoms with Crippen LogP contribution < -0.4 is 10.5 Å². The first kappa shape index (κ1) is 11.2. The molecule has 1 heterocycles. The Morgan fingerprint density at radius 3 is 2.82 bits per heavy atom. The summed E-state index contributed by atoms with van der Waals surface area (Å²) in [6.45, 7) is 0. The maximum atomic E-state index is 8.88. The Morgan fingerprint density at radius 1 is 1.29 bits per heavy atom. The molecular formula is C12H8ClN3O. The van der Waals surface area contributed by atoms with Crippen LogP contribution in [0.5, 0.6) is 11.5 Å². The second-order valence-electron chi connectivity index (χ2n) is 3.22. The van der Waals surface area contributed by atoms with Crippen LogP contribution in [0.25, 0.3) is 0 Å². The summed E-state index contributed by atoms with van der Waals surface area (Å²) in [5.74, 6) is 0.661. The molecule has 2 aromatic rings. The van der Waals surface area contributed by atoms with Crippen LogP contribution in [0.3, 0.4) is 0 Å². The van der Waals surface area contributed by atoms with Crippen LogP contribution in [0, 0.1) is 11.3 Å². The van der Waals surface area contributed by atoms with Gasteiger partial charge >= 0.3 is 0 Å². The number of anilines is 1. The quantitative estimate of drug-likeness (QED) is 0.826. The van der Waals surface area contributed by atoms with Crippen LogP contribution in [0.4, 0.5) is 5.69 Å². The third-order valence-corrected chi connectivity index (χ3v) is 2.38. The summed E-state index contributed by atoms with van der Waals surface area (Å²) in [6, 6.07) is 10.3. The van der Waals surface area contributed by atoms with Gasteiger partial charge in [0.2, 0.25) is 0 Å². The van der Waals surface area contributed by atoms with E-state index in [1.807, 2.05) is 6.07 Å². The lowest BCUT2D eigenvalue weighted by atomic mass is 10.3. The molecule has 0 amide bonds. The zero-order valence-corrected chi connectivity index (χ0v) is 9.48. The van der Waals surface area contributed by atoms with Gasteiger partial charge in [0.1, 0.15) is 6.07 Å². The lowest BCUT2D eigenvalue weighted by molar-refractivity contribution is 0.481. The standard InChI is InChI=1S/C12H8ClN3O/c13-8-3-1-4-9(15)12(8)17-11-5-2-6-16-10(11)7-14/h1-6H,15H2. The van der Waals surface area contributed by atoms with Gasteiger partial charge in [0.25, 0.3) is 0 Å². The van der Waals surface area contributed by atoms with Crippen molar-refractivity contribution in [1.29, 1.82) is 5.26 Å². The van der Waals surface area contributed by atoms with Crippen LogP contribution in [-0.2, 0) is 0 Å². The Kier molecular flexibility index (Phi) is 3.12. The third-order valence-electron chi connectivity index (χ3n) is 2.09. The molecule has 0 fully saturated rings. The molecule has 0 atom stereocenters. The summed E-state index contributed by atoms with van der Waals surface area (Å²) in [6.07, 6.45) is 1.52. The predicted molar refractivity (Wildman–Crippen MR) is 64.9 cm³/mol. The van der Waals surface area contributed by atoms with E-state index in [1.54, 1.807) is 30.3 Å². The summed E-state index contributed by atoms with van der Waals surface area (Å²) in [5.41, 5.74) is 6.34. The molecule has 0 unspecified atom stereocenters. The van der Waals surface area contributed by atoms with E-state index < -0.39 is 0 Å². The number of ether oxygens (including phenoxy) is 1. The van der Waals surface area contributed by atoms with Crippen molar-refractivity contribution in [2.45, 2.75) is 0 Å². The number of nitrogens with two attached hydrogens (primary N) is 1. The van der Waals surface area contributed by atoms with Crippen LogP contribution in [0.1, 0.15) is 5.69 Å². The molecule has 2 N–H and O–H groups in total. The number of pyridine rings is 1. The molecule has 0 radical (unpaired) electrons. The van der Waals surface area contributed by atoms with Gasteiger partial charge in [-0.3, -0.25) is 0 Å². The average Bonchev–Trinajstić information content (AvgIpc) is 2.34. The molecule has 84 valence electrons. The van der Waals surface area contributed by atoms with Crippen molar-refractivity contribution in [3.05, 3.63) is 47.2 Å². The molecular weight excluding hydrogens is 238 g/mol. The van der Waals surface area contributed by atoms with Gasteiger partial charge < -0.3 is 10.5 Å². The Hall–Kier alpha value is -2.25. The summed E-state index contributed by atoms with van der Waals surface area (Å²) >= 11 is 5.97. The largest absolute Gasteiger partial charge is 0.451 e. The Bertz CT molecular complexity index is 572. The zero-order chi connectivity index (χ0) is 12.3. The van der Waals surface area contributed by atoms with Crippen LogP contribution in [0.2, 0.25) is 5.02 Å². The maximum Gasteiger partial charge on any atom is 0.183 e. The number of benzene rings is 1. The molecule has 0 spiro atoms. The molecule has 17 heavy (non-hydrogen) atoms. The van der Waals surface area contributed by atoms with E-state index in [4.69, 9.17) is 27.3 Å². The molecule has 0 aliphatic carbocycles. The van der Waals surface area contributed by atoms with Gasteiger partial charge in [-0.2, -0.15) is 5.26 Å². The first-order valence-electron chi connectivity index (χ1n) is 4.79. The van der Waals surface area contributed by atoms with Gasteiger partial charge in [-0.15, -0.1) is 0 Å². The second kappa shape index (κ2) is 4.73. The van der Waals surface area contributed by atoms with Gasteiger partial charge in [-0.05, 0) is 24.3 Å². The number of halogens is 1. The van der Waals surface area contributed by atoms with E-state index in [0.29, 0.717) is 22.2 Å². The number of hydrogen-bond acceptors (Lipinski definition) is 4. The molecule has 1 aromatic carbocycles. The van der Waals surface area contributed by atoms with Crippen LogP contribution >= 0.6 is 11.6 Å². The second-order valence-corrected chi connectivity index (χ2v) is 3.63. The normalized spacial score (nSPS) is 9.65.